The van der Waals surface area contributed by atoms with Crippen LogP contribution in [0.2, 0.25) is 0 Å². The summed E-state index contributed by atoms with van der Waals surface area (Å²) in [5.41, 5.74) is 0. The molecule has 0 aliphatic heterocycles. The van der Waals surface area contributed by atoms with Crippen LogP contribution in [0, 0.1) is 0 Å². The molecule has 0 bridgehead atoms. The van der Waals surface area contributed by atoms with Crippen molar-refractivity contribution in [2.24, 2.45) is 7.05 Å². The Labute approximate surface area is 71.1 Å². The number of nitrogens with zero attached hydrogens (tertiary/aromatic N) is 2. The fourth-order valence-corrected chi connectivity index (χ4v) is 0.911. The summed E-state index contributed by atoms with van der Waals surface area (Å²) in [7, 11) is 1.71. The molecule has 6 heteroatoms. The van der Waals surface area contributed by atoms with E-state index in [-0.39, 0.29) is 0 Å². The molecule has 1 amide bonds. The third-order valence-electron chi connectivity index (χ3n) is 1.06. The SMILES string of the molecule is Cn1nc(NC(=O)O)cc1Br. The van der Waals surface area contributed by atoms with E-state index < -0.39 is 6.09 Å². The number of rotatable bonds is 1. The monoisotopic (exact) mass is 219 g/mol. The molecule has 0 aliphatic carbocycles. The molecule has 0 unspecified atom stereocenters. The molecule has 60 valence electrons. The molecule has 0 atom stereocenters. The van der Waals surface area contributed by atoms with Crippen molar-refractivity contribution in [2.45, 2.75) is 0 Å². The van der Waals surface area contributed by atoms with Gasteiger partial charge in [0.2, 0.25) is 0 Å². The maximum Gasteiger partial charge on any atom is 0.410 e. The van der Waals surface area contributed by atoms with Gasteiger partial charge in [0.05, 0.1) is 0 Å². The normalized spacial score (nSPS) is 9.64. The van der Waals surface area contributed by atoms with Crippen molar-refractivity contribution >= 4 is 27.8 Å². The summed E-state index contributed by atoms with van der Waals surface area (Å²) in [6.45, 7) is 0. The van der Waals surface area contributed by atoms with Crippen LogP contribution >= 0.6 is 15.9 Å². The zero-order valence-electron chi connectivity index (χ0n) is 5.71. The number of hydrogen-bond donors (Lipinski definition) is 2. The van der Waals surface area contributed by atoms with E-state index >= 15 is 0 Å². The Hall–Kier alpha value is -1.04. The number of halogens is 1. The molecule has 0 spiro atoms. The van der Waals surface area contributed by atoms with Crippen LogP contribution in [0.25, 0.3) is 0 Å². The van der Waals surface area contributed by atoms with Gasteiger partial charge in [0.25, 0.3) is 0 Å². The molecule has 0 saturated heterocycles. The van der Waals surface area contributed by atoms with Crippen LogP contribution in [0.3, 0.4) is 0 Å². The Balaban J connectivity index is 2.81. The lowest BCUT2D eigenvalue weighted by molar-refractivity contribution is 0.209. The summed E-state index contributed by atoms with van der Waals surface area (Å²) in [5, 5.41) is 14.2. The van der Waals surface area contributed by atoms with Gasteiger partial charge in [-0.15, -0.1) is 0 Å². The minimum atomic E-state index is -1.12. The Morgan fingerprint density at radius 1 is 1.91 bits per heavy atom. The van der Waals surface area contributed by atoms with Crippen LogP contribution in [0.4, 0.5) is 10.6 Å². The Kier molecular flexibility index (Phi) is 2.13. The number of anilines is 1. The lowest BCUT2D eigenvalue weighted by Gasteiger charge is -1.91. The highest BCUT2D eigenvalue weighted by atomic mass is 79.9. The van der Waals surface area contributed by atoms with Crippen molar-refractivity contribution in [1.82, 2.24) is 9.78 Å². The van der Waals surface area contributed by atoms with E-state index in [2.05, 4.69) is 26.3 Å². The minimum absolute atomic E-state index is 0.312. The van der Waals surface area contributed by atoms with Crippen molar-refractivity contribution in [1.29, 1.82) is 0 Å². The summed E-state index contributed by atoms with van der Waals surface area (Å²) in [6.07, 6.45) is -1.12. The molecule has 5 nitrogen and oxygen atoms in total. The zero-order chi connectivity index (χ0) is 8.43. The van der Waals surface area contributed by atoms with Gasteiger partial charge in [-0.25, -0.2) is 4.79 Å². The third-order valence-corrected chi connectivity index (χ3v) is 1.80. The maximum absolute atomic E-state index is 10.1. The molecular formula is C5H6BrN3O2. The van der Waals surface area contributed by atoms with E-state index in [1.807, 2.05) is 0 Å². The van der Waals surface area contributed by atoms with E-state index in [1.165, 1.54) is 4.68 Å². The highest BCUT2D eigenvalue weighted by molar-refractivity contribution is 9.10. The Morgan fingerprint density at radius 3 is 2.91 bits per heavy atom. The smallest absolute Gasteiger partial charge is 0.410 e. The average molecular weight is 220 g/mol. The molecule has 0 aromatic carbocycles. The first-order valence-electron chi connectivity index (χ1n) is 2.79. The standard InChI is InChI=1S/C5H6BrN3O2/c1-9-3(6)2-4(8-9)7-5(10)11/h2H,1H3,(H,7,8)(H,10,11). The van der Waals surface area contributed by atoms with Gasteiger partial charge in [-0.05, 0) is 15.9 Å². The average Bonchev–Trinajstić information content (AvgIpc) is 2.10. The van der Waals surface area contributed by atoms with Gasteiger partial charge < -0.3 is 5.11 Å². The van der Waals surface area contributed by atoms with E-state index in [9.17, 15) is 4.79 Å². The summed E-state index contributed by atoms with van der Waals surface area (Å²) in [5.74, 6) is 0.312. The summed E-state index contributed by atoms with van der Waals surface area (Å²) in [4.78, 5) is 10.1. The summed E-state index contributed by atoms with van der Waals surface area (Å²) < 4.78 is 2.24. The molecule has 0 saturated carbocycles. The van der Waals surface area contributed by atoms with E-state index in [0.29, 0.717) is 5.82 Å². The number of hydrogen-bond acceptors (Lipinski definition) is 2. The van der Waals surface area contributed by atoms with E-state index in [4.69, 9.17) is 5.11 Å². The van der Waals surface area contributed by atoms with Crippen molar-refractivity contribution < 1.29 is 9.90 Å². The quantitative estimate of drug-likeness (QED) is 0.748. The molecule has 2 N–H and O–H groups in total. The topological polar surface area (TPSA) is 67.2 Å². The van der Waals surface area contributed by atoms with Crippen molar-refractivity contribution in [2.75, 3.05) is 5.32 Å². The second kappa shape index (κ2) is 2.91. The molecule has 0 fully saturated rings. The van der Waals surface area contributed by atoms with E-state index in [1.54, 1.807) is 13.1 Å². The summed E-state index contributed by atoms with van der Waals surface area (Å²) >= 11 is 3.17. The van der Waals surface area contributed by atoms with Gasteiger partial charge >= 0.3 is 6.09 Å². The van der Waals surface area contributed by atoms with Crippen molar-refractivity contribution in [3.05, 3.63) is 10.7 Å². The number of amides is 1. The first-order chi connectivity index (χ1) is 5.09. The molecular weight excluding hydrogens is 214 g/mol. The lowest BCUT2D eigenvalue weighted by atomic mass is 10.6. The molecule has 1 rings (SSSR count). The van der Waals surface area contributed by atoms with Gasteiger partial charge in [-0.1, -0.05) is 0 Å². The van der Waals surface area contributed by atoms with Gasteiger partial charge in [-0.2, -0.15) is 5.10 Å². The largest absolute Gasteiger partial charge is 0.465 e. The number of carbonyl (C=O) groups is 1. The van der Waals surface area contributed by atoms with Crippen LogP contribution < -0.4 is 5.32 Å². The van der Waals surface area contributed by atoms with Gasteiger partial charge in [0.1, 0.15) is 4.60 Å². The van der Waals surface area contributed by atoms with Crippen LogP contribution in [0.1, 0.15) is 0 Å². The predicted molar refractivity (Wildman–Crippen MR) is 42.6 cm³/mol. The highest BCUT2D eigenvalue weighted by Gasteiger charge is 2.03. The zero-order valence-corrected chi connectivity index (χ0v) is 7.29. The molecule has 0 radical (unpaired) electrons. The predicted octanol–water partition coefficient (Wildman–Crippen LogP) is 1.27. The van der Waals surface area contributed by atoms with Crippen LogP contribution in [-0.4, -0.2) is 21.0 Å². The van der Waals surface area contributed by atoms with Gasteiger partial charge in [0, 0.05) is 13.1 Å². The fourth-order valence-electron chi connectivity index (χ4n) is 0.615. The van der Waals surface area contributed by atoms with Crippen molar-refractivity contribution in [3.8, 4) is 0 Å². The maximum atomic E-state index is 10.1. The lowest BCUT2D eigenvalue weighted by Crippen LogP contribution is -2.07. The molecule has 1 aromatic rings. The second-order valence-corrected chi connectivity index (χ2v) is 2.72. The van der Waals surface area contributed by atoms with Gasteiger partial charge in [-0.3, -0.25) is 10.00 Å². The number of carboxylic acid groups (broad SMARTS) is 1. The fraction of sp³-hybridized carbons (Fsp3) is 0.200. The first kappa shape index (κ1) is 8.06. The summed E-state index contributed by atoms with van der Waals surface area (Å²) in [6, 6.07) is 1.58. The van der Waals surface area contributed by atoms with E-state index in [0.717, 1.165) is 4.60 Å². The van der Waals surface area contributed by atoms with Crippen LogP contribution in [-0.2, 0) is 7.05 Å². The van der Waals surface area contributed by atoms with Crippen molar-refractivity contribution in [3.63, 3.8) is 0 Å². The third kappa shape index (κ3) is 1.94. The van der Waals surface area contributed by atoms with Crippen LogP contribution in [0.15, 0.2) is 10.7 Å². The number of aryl methyl sites for hydroxylation is 1. The molecule has 11 heavy (non-hydrogen) atoms. The number of nitrogens with one attached hydrogen (secondary N) is 1. The van der Waals surface area contributed by atoms with Crippen LogP contribution in [0.5, 0.6) is 0 Å². The molecule has 0 aliphatic rings. The van der Waals surface area contributed by atoms with Gasteiger partial charge in [0.15, 0.2) is 5.82 Å². The number of aromatic nitrogens is 2. The first-order valence-corrected chi connectivity index (χ1v) is 3.58. The molecule has 1 heterocycles. The highest BCUT2D eigenvalue weighted by Crippen LogP contribution is 2.13. The second-order valence-electron chi connectivity index (χ2n) is 1.91. The minimum Gasteiger partial charge on any atom is -0.465 e. The Bertz CT molecular complexity index is 264. The molecule has 1 aromatic heterocycles. The Morgan fingerprint density at radius 2 is 2.55 bits per heavy atom.